The van der Waals surface area contributed by atoms with Crippen molar-refractivity contribution in [2.24, 2.45) is 0 Å². The van der Waals surface area contributed by atoms with Crippen molar-refractivity contribution in [2.45, 2.75) is 13.8 Å². The molecular formula is C21H24N2O5. The Morgan fingerprint density at radius 1 is 0.964 bits per heavy atom. The third kappa shape index (κ3) is 5.33. The third-order valence-corrected chi connectivity index (χ3v) is 4.13. The van der Waals surface area contributed by atoms with Gasteiger partial charge in [0, 0.05) is 24.3 Å². The maximum absolute atomic E-state index is 12.3. The van der Waals surface area contributed by atoms with Gasteiger partial charge in [-0.3, -0.25) is 9.59 Å². The molecule has 0 unspecified atom stereocenters. The molecule has 0 fully saturated rings. The van der Waals surface area contributed by atoms with Gasteiger partial charge in [-0.15, -0.1) is 0 Å². The van der Waals surface area contributed by atoms with Crippen molar-refractivity contribution in [3.05, 3.63) is 59.7 Å². The predicted octanol–water partition coefficient (Wildman–Crippen LogP) is 2.97. The summed E-state index contributed by atoms with van der Waals surface area (Å²) < 4.78 is 10.1. The van der Waals surface area contributed by atoms with E-state index in [1.54, 1.807) is 53.4 Å². The second kappa shape index (κ2) is 10.1. The van der Waals surface area contributed by atoms with Gasteiger partial charge in [0.15, 0.2) is 6.61 Å². The van der Waals surface area contributed by atoms with Crippen LogP contribution in [-0.4, -0.2) is 49.5 Å². The molecule has 2 aromatic rings. The van der Waals surface area contributed by atoms with Crippen LogP contribution in [0.3, 0.4) is 0 Å². The number of esters is 1. The van der Waals surface area contributed by atoms with Crippen LogP contribution >= 0.6 is 0 Å². The Morgan fingerprint density at radius 2 is 1.61 bits per heavy atom. The lowest BCUT2D eigenvalue weighted by molar-refractivity contribution is -0.119. The average molecular weight is 384 g/mol. The van der Waals surface area contributed by atoms with Crippen molar-refractivity contribution < 1.29 is 23.9 Å². The Labute approximate surface area is 164 Å². The summed E-state index contributed by atoms with van der Waals surface area (Å²) in [5.74, 6) is -0.811. The van der Waals surface area contributed by atoms with Gasteiger partial charge in [-0.1, -0.05) is 12.1 Å². The number of hydrogen-bond acceptors (Lipinski definition) is 5. The maximum Gasteiger partial charge on any atom is 0.342 e. The minimum absolute atomic E-state index is 0.0615. The quantitative estimate of drug-likeness (QED) is 0.708. The highest BCUT2D eigenvalue weighted by atomic mass is 16.5. The fourth-order valence-electron chi connectivity index (χ4n) is 2.61. The number of nitrogens with one attached hydrogen (secondary N) is 1. The van der Waals surface area contributed by atoms with E-state index in [1.165, 1.54) is 7.11 Å². The molecule has 0 aromatic heterocycles. The smallest absolute Gasteiger partial charge is 0.342 e. The second-order valence-corrected chi connectivity index (χ2v) is 5.88. The molecule has 7 nitrogen and oxygen atoms in total. The first-order valence-electron chi connectivity index (χ1n) is 8.99. The Kier molecular flexibility index (Phi) is 7.56. The highest BCUT2D eigenvalue weighted by Crippen LogP contribution is 2.18. The Bertz CT molecular complexity index is 829. The van der Waals surface area contributed by atoms with E-state index in [2.05, 4.69) is 5.32 Å². The lowest BCUT2D eigenvalue weighted by Crippen LogP contribution is -2.30. The Morgan fingerprint density at radius 3 is 2.21 bits per heavy atom. The molecule has 148 valence electrons. The van der Waals surface area contributed by atoms with Gasteiger partial charge in [0.2, 0.25) is 0 Å². The number of nitrogens with zero attached hydrogens (tertiary/aromatic N) is 1. The van der Waals surface area contributed by atoms with Gasteiger partial charge in [-0.25, -0.2) is 4.79 Å². The van der Waals surface area contributed by atoms with Crippen LogP contribution in [-0.2, 0) is 9.53 Å². The van der Waals surface area contributed by atoms with E-state index in [1.807, 2.05) is 13.8 Å². The first-order valence-corrected chi connectivity index (χ1v) is 8.99. The van der Waals surface area contributed by atoms with Crippen molar-refractivity contribution in [1.29, 1.82) is 0 Å². The topological polar surface area (TPSA) is 84.9 Å². The second-order valence-electron chi connectivity index (χ2n) is 5.88. The average Bonchev–Trinajstić information content (AvgIpc) is 2.73. The van der Waals surface area contributed by atoms with Gasteiger partial charge in [0.1, 0.15) is 11.3 Å². The highest BCUT2D eigenvalue weighted by Gasteiger charge is 2.15. The summed E-state index contributed by atoms with van der Waals surface area (Å²) in [4.78, 5) is 38.1. The minimum atomic E-state index is -0.646. The molecule has 7 heteroatoms. The van der Waals surface area contributed by atoms with Crippen LogP contribution in [0.4, 0.5) is 5.69 Å². The summed E-state index contributed by atoms with van der Waals surface area (Å²) >= 11 is 0. The molecule has 2 amide bonds. The molecule has 0 aliphatic rings. The van der Waals surface area contributed by atoms with Crippen LogP contribution in [0, 0.1) is 0 Å². The van der Waals surface area contributed by atoms with Crippen molar-refractivity contribution >= 4 is 23.5 Å². The molecule has 0 bridgehead atoms. The summed E-state index contributed by atoms with van der Waals surface area (Å²) in [7, 11) is 1.45. The van der Waals surface area contributed by atoms with E-state index in [0.717, 1.165) is 0 Å². The first kappa shape index (κ1) is 21.0. The number of carbonyl (C=O) groups is 3. The van der Waals surface area contributed by atoms with Gasteiger partial charge in [0.25, 0.3) is 11.8 Å². The van der Waals surface area contributed by atoms with Crippen molar-refractivity contribution in [2.75, 3.05) is 32.1 Å². The molecule has 0 saturated heterocycles. The fraction of sp³-hybridized carbons (Fsp3) is 0.286. The van der Waals surface area contributed by atoms with Crippen molar-refractivity contribution in [3.8, 4) is 5.75 Å². The summed E-state index contributed by atoms with van der Waals surface area (Å²) in [6.07, 6.45) is 0. The summed E-state index contributed by atoms with van der Waals surface area (Å²) in [6.45, 7) is 4.67. The van der Waals surface area contributed by atoms with Gasteiger partial charge in [-0.2, -0.15) is 0 Å². The van der Waals surface area contributed by atoms with Gasteiger partial charge >= 0.3 is 5.97 Å². The molecule has 1 N–H and O–H groups in total. The molecule has 2 rings (SSSR count). The molecule has 0 heterocycles. The Balaban J connectivity index is 1.91. The van der Waals surface area contributed by atoms with Crippen LogP contribution in [0.2, 0.25) is 0 Å². The lowest BCUT2D eigenvalue weighted by Gasteiger charge is -2.18. The summed E-state index contributed by atoms with van der Waals surface area (Å²) in [5.41, 5.74) is 1.30. The molecule has 0 spiro atoms. The van der Waals surface area contributed by atoms with Gasteiger partial charge in [-0.05, 0) is 50.2 Å². The lowest BCUT2D eigenvalue weighted by atomic mass is 10.1. The van der Waals surface area contributed by atoms with Crippen LogP contribution in [0.15, 0.2) is 48.5 Å². The van der Waals surface area contributed by atoms with E-state index in [9.17, 15) is 14.4 Å². The Hall–Kier alpha value is -3.35. The molecule has 28 heavy (non-hydrogen) atoms. The van der Waals surface area contributed by atoms with Crippen LogP contribution in [0.25, 0.3) is 0 Å². The zero-order chi connectivity index (χ0) is 20.5. The summed E-state index contributed by atoms with van der Waals surface area (Å²) in [6, 6.07) is 13.2. The molecule has 0 aliphatic heterocycles. The maximum atomic E-state index is 12.3. The van der Waals surface area contributed by atoms with Gasteiger partial charge in [0.05, 0.1) is 7.11 Å². The molecule has 2 aromatic carbocycles. The van der Waals surface area contributed by atoms with E-state index < -0.39 is 18.5 Å². The SMILES string of the molecule is CCN(CC)C(=O)c1ccc(NC(=O)COC(=O)c2ccccc2OC)cc1. The van der Waals surface area contributed by atoms with Crippen LogP contribution in [0.5, 0.6) is 5.75 Å². The van der Waals surface area contributed by atoms with Crippen LogP contribution < -0.4 is 10.1 Å². The van der Waals surface area contributed by atoms with Gasteiger partial charge < -0.3 is 19.7 Å². The first-order chi connectivity index (χ1) is 13.5. The van der Waals surface area contributed by atoms with Crippen LogP contribution in [0.1, 0.15) is 34.6 Å². The van der Waals surface area contributed by atoms with Crippen molar-refractivity contribution in [3.63, 3.8) is 0 Å². The number of hydrogen-bond donors (Lipinski definition) is 1. The third-order valence-electron chi connectivity index (χ3n) is 4.13. The molecular weight excluding hydrogens is 360 g/mol. The molecule has 0 radical (unpaired) electrons. The van der Waals surface area contributed by atoms with E-state index in [0.29, 0.717) is 30.1 Å². The number of amides is 2. The summed E-state index contributed by atoms with van der Waals surface area (Å²) in [5, 5.41) is 2.63. The number of anilines is 1. The fourth-order valence-corrected chi connectivity index (χ4v) is 2.61. The van der Waals surface area contributed by atoms with E-state index >= 15 is 0 Å². The molecule has 0 saturated carbocycles. The monoisotopic (exact) mass is 384 g/mol. The number of ether oxygens (including phenoxy) is 2. The normalized spacial score (nSPS) is 10.1. The molecule has 0 atom stereocenters. The van der Waals surface area contributed by atoms with Crippen molar-refractivity contribution in [1.82, 2.24) is 4.90 Å². The predicted molar refractivity (Wildman–Crippen MR) is 106 cm³/mol. The minimum Gasteiger partial charge on any atom is -0.496 e. The number of para-hydroxylation sites is 1. The molecule has 0 aliphatic carbocycles. The number of methoxy groups -OCH3 is 1. The highest BCUT2D eigenvalue weighted by molar-refractivity contribution is 5.98. The number of rotatable bonds is 8. The van der Waals surface area contributed by atoms with E-state index in [-0.39, 0.29) is 11.5 Å². The zero-order valence-corrected chi connectivity index (χ0v) is 16.2. The van der Waals surface area contributed by atoms with E-state index in [4.69, 9.17) is 9.47 Å². The largest absolute Gasteiger partial charge is 0.496 e. The number of carbonyl (C=O) groups excluding carboxylic acids is 3. The zero-order valence-electron chi connectivity index (χ0n) is 16.2. The number of benzene rings is 2. The standard InChI is InChI=1S/C21H24N2O5/c1-4-23(5-2)20(25)15-10-12-16(13-11-15)22-19(24)14-28-21(26)17-8-6-7-9-18(17)27-3/h6-13H,4-5,14H2,1-3H3,(H,22,24).